The van der Waals surface area contributed by atoms with Crippen molar-refractivity contribution >= 4 is 32.3 Å². The lowest BCUT2D eigenvalue weighted by molar-refractivity contribution is 0.153. The van der Waals surface area contributed by atoms with Crippen LogP contribution >= 0.6 is 22.6 Å². The summed E-state index contributed by atoms with van der Waals surface area (Å²) in [6.45, 7) is 6.95. The number of methoxy groups -OCH3 is 1. The van der Waals surface area contributed by atoms with Crippen molar-refractivity contribution in [1.82, 2.24) is 4.90 Å². The molecule has 7 heteroatoms. The molecule has 0 amide bonds. The number of nitrogens with zero attached hydrogens (tertiary/aromatic N) is 3. The molecule has 0 aromatic rings. The molecule has 0 atom stereocenters. The van der Waals surface area contributed by atoms with Gasteiger partial charge in [0.05, 0.1) is 6.61 Å². The van der Waals surface area contributed by atoms with Gasteiger partial charge in [0.25, 0.3) is 0 Å². The summed E-state index contributed by atoms with van der Waals surface area (Å²) in [4.78, 5) is 2.43. The number of thiol groups is 1. The van der Waals surface area contributed by atoms with E-state index in [1.165, 1.54) is 11.0 Å². The van der Waals surface area contributed by atoms with Gasteiger partial charge in [0.2, 0.25) is 0 Å². The molecular formula is C9H21N3OS3. The third kappa shape index (κ3) is 4.44. The van der Waals surface area contributed by atoms with Crippen LogP contribution in [0.3, 0.4) is 0 Å². The third-order valence-corrected chi connectivity index (χ3v) is 7.01. The van der Waals surface area contributed by atoms with Crippen LogP contribution in [0.4, 0.5) is 0 Å². The SMILES string of the molecule is CCN=S1(=NSS)CCN(CCOC)CC1. The van der Waals surface area contributed by atoms with Crippen molar-refractivity contribution < 1.29 is 4.74 Å². The first kappa shape index (κ1) is 14.6. The first-order chi connectivity index (χ1) is 7.76. The minimum absolute atomic E-state index is 0.811. The van der Waals surface area contributed by atoms with E-state index in [1.54, 1.807) is 7.11 Å². The molecule has 1 aliphatic rings. The summed E-state index contributed by atoms with van der Waals surface area (Å²) in [5.74, 6) is 2.16. The minimum Gasteiger partial charge on any atom is -0.383 e. The fourth-order valence-corrected chi connectivity index (χ4v) is 6.18. The van der Waals surface area contributed by atoms with Gasteiger partial charge < -0.3 is 4.74 Å². The van der Waals surface area contributed by atoms with Crippen LogP contribution in [0, 0.1) is 0 Å². The van der Waals surface area contributed by atoms with E-state index in [2.05, 4.69) is 27.3 Å². The Morgan fingerprint density at radius 3 is 2.62 bits per heavy atom. The topological polar surface area (TPSA) is 37.2 Å². The lowest BCUT2D eigenvalue weighted by Gasteiger charge is -2.30. The number of ether oxygens (including phenoxy) is 1. The van der Waals surface area contributed by atoms with Gasteiger partial charge in [-0.05, 0) is 16.5 Å². The molecule has 16 heavy (non-hydrogen) atoms. The Morgan fingerprint density at radius 1 is 1.44 bits per heavy atom. The van der Waals surface area contributed by atoms with Crippen LogP contribution in [0.1, 0.15) is 6.92 Å². The molecule has 0 N–H and O–H groups in total. The van der Waals surface area contributed by atoms with Crippen molar-refractivity contribution in [2.45, 2.75) is 6.92 Å². The van der Waals surface area contributed by atoms with Gasteiger partial charge in [-0.25, -0.2) is 0 Å². The Hall–Kier alpha value is 0.570. The van der Waals surface area contributed by atoms with Gasteiger partial charge in [0, 0.05) is 55.8 Å². The zero-order chi connectivity index (χ0) is 11.9. The van der Waals surface area contributed by atoms with Crippen LogP contribution in [0.2, 0.25) is 0 Å². The molecule has 96 valence electrons. The number of hydrogen-bond acceptors (Lipinski definition) is 6. The molecule has 0 aromatic heterocycles. The summed E-state index contributed by atoms with van der Waals surface area (Å²) < 4.78 is 14.4. The van der Waals surface area contributed by atoms with Gasteiger partial charge >= 0.3 is 0 Å². The smallest absolute Gasteiger partial charge is 0.0589 e. The van der Waals surface area contributed by atoms with Crippen LogP contribution in [-0.4, -0.2) is 56.3 Å². The van der Waals surface area contributed by atoms with Gasteiger partial charge in [-0.2, -0.15) is 3.77 Å². The highest BCUT2D eigenvalue weighted by Gasteiger charge is 2.18. The summed E-state index contributed by atoms with van der Waals surface area (Å²) in [7, 11) is 1.93. The van der Waals surface area contributed by atoms with Crippen molar-refractivity contribution in [2.24, 2.45) is 8.13 Å². The lowest BCUT2D eigenvalue weighted by Crippen LogP contribution is -2.41. The molecule has 1 rings (SSSR count). The summed E-state index contributed by atoms with van der Waals surface area (Å²) >= 11 is 4.13. The summed E-state index contributed by atoms with van der Waals surface area (Å²) in [5, 5.41) is 0. The molecular weight excluding hydrogens is 262 g/mol. The Kier molecular flexibility index (Phi) is 7.14. The van der Waals surface area contributed by atoms with E-state index < -0.39 is 9.62 Å². The molecule has 1 heterocycles. The van der Waals surface area contributed by atoms with E-state index in [0.29, 0.717) is 0 Å². The quantitative estimate of drug-likeness (QED) is 0.476. The highest BCUT2D eigenvalue weighted by Crippen LogP contribution is 2.18. The van der Waals surface area contributed by atoms with E-state index in [-0.39, 0.29) is 0 Å². The maximum atomic E-state index is 5.09. The minimum atomic E-state index is -1.10. The molecule has 0 bridgehead atoms. The predicted octanol–water partition coefficient (Wildman–Crippen LogP) is 1.98. The maximum absolute atomic E-state index is 5.09. The second-order valence-corrected chi connectivity index (χ2v) is 7.57. The fraction of sp³-hybridized carbons (Fsp3) is 1.00. The largest absolute Gasteiger partial charge is 0.383 e. The average molecular weight is 283 g/mol. The number of rotatable bonds is 5. The normalized spacial score (nSPS) is 20.7. The van der Waals surface area contributed by atoms with Gasteiger partial charge in [-0.15, -0.1) is 0 Å². The van der Waals surface area contributed by atoms with Crippen molar-refractivity contribution in [1.29, 1.82) is 0 Å². The van der Waals surface area contributed by atoms with Crippen LogP contribution in [0.5, 0.6) is 0 Å². The Balaban J connectivity index is 2.57. The van der Waals surface area contributed by atoms with Crippen LogP contribution in [-0.2, 0) is 14.4 Å². The summed E-state index contributed by atoms with van der Waals surface area (Å²) in [6, 6.07) is 0. The van der Waals surface area contributed by atoms with Crippen molar-refractivity contribution in [3.8, 4) is 0 Å². The van der Waals surface area contributed by atoms with E-state index in [4.69, 9.17) is 9.10 Å². The molecule has 1 saturated heterocycles. The first-order valence-electron chi connectivity index (χ1n) is 5.48. The average Bonchev–Trinajstić information content (AvgIpc) is 2.29. The van der Waals surface area contributed by atoms with Crippen molar-refractivity contribution in [3.63, 3.8) is 0 Å². The Morgan fingerprint density at radius 2 is 2.12 bits per heavy atom. The van der Waals surface area contributed by atoms with Gasteiger partial charge in [0.15, 0.2) is 0 Å². The van der Waals surface area contributed by atoms with Crippen LogP contribution in [0.15, 0.2) is 8.13 Å². The Labute approximate surface area is 108 Å². The molecule has 0 aliphatic carbocycles. The van der Waals surface area contributed by atoms with Crippen molar-refractivity contribution in [2.75, 3.05) is 51.4 Å². The van der Waals surface area contributed by atoms with E-state index >= 15 is 0 Å². The van der Waals surface area contributed by atoms with Crippen LogP contribution < -0.4 is 0 Å². The third-order valence-electron chi connectivity index (χ3n) is 2.62. The maximum Gasteiger partial charge on any atom is 0.0589 e. The molecule has 0 spiro atoms. The van der Waals surface area contributed by atoms with E-state index in [9.17, 15) is 0 Å². The molecule has 0 unspecified atom stereocenters. The van der Waals surface area contributed by atoms with Gasteiger partial charge in [0.1, 0.15) is 0 Å². The van der Waals surface area contributed by atoms with Gasteiger partial charge in [-0.3, -0.25) is 9.26 Å². The summed E-state index contributed by atoms with van der Waals surface area (Å²) in [5.41, 5.74) is 0. The molecule has 0 radical (unpaired) electrons. The van der Waals surface area contributed by atoms with E-state index in [1.807, 2.05) is 0 Å². The second kappa shape index (κ2) is 7.81. The highest BCUT2D eigenvalue weighted by molar-refractivity contribution is 8.68. The highest BCUT2D eigenvalue weighted by atomic mass is 33.1. The molecule has 4 nitrogen and oxygen atoms in total. The predicted molar refractivity (Wildman–Crippen MR) is 77.4 cm³/mol. The second-order valence-electron chi connectivity index (χ2n) is 3.65. The molecule has 0 aromatic carbocycles. The van der Waals surface area contributed by atoms with E-state index in [0.717, 1.165) is 44.3 Å². The molecule has 1 fully saturated rings. The van der Waals surface area contributed by atoms with Gasteiger partial charge in [-0.1, -0.05) is 11.7 Å². The van der Waals surface area contributed by atoms with Crippen molar-refractivity contribution in [3.05, 3.63) is 0 Å². The zero-order valence-corrected chi connectivity index (χ0v) is 12.5. The standard InChI is InChI=1S/C9H21N3OS3/c1-3-10-16(11-15-14)8-5-12(6-9-16)4-7-13-2/h14H,3-9H2,1-2H3. The lowest BCUT2D eigenvalue weighted by atomic mass is 10.5. The first-order valence-corrected chi connectivity index (χ1v) is 9.19. The monoisotopic (exact) mass is 283 g/mol. The fourth-order valence-electron chi connectivity index (χ4n) is 1.74. The molecule has 1 aliphatic heterocycles. The number of hydrogen-bond donors (Lipinski definition) is 1. The summed E-state index contributed by atoms with van der Waals surface area (Å²) in [6.07, 6.45) is 0. The Bertz CT molecular complexity index is 283. The molecule has 0 saturated carbocycles. The van der Waals surface area contributed by atoms with Crippen LogP contribution in [0.25, 0.3) is 0 Å². The zero-order valence-electron chi connectivity index (χ0n) is 9.96.